The van der Waals surface area contributed by atoms with E-state index in [2.05, 4.69) is 14.8 Å². The van der Waals surface area contributed by atoms with Gasteiger partial charge in [-0.25, -0.2) is 20.1 Å². The Kier molecular flexibility index (Phi) is 3.70. The van der Waals surface area contributed by atoms with Crippen LogP contribution < -0.4 is 11.0 Å². The lowest BCUT2D eigenvalue weighted by Gasteiger charge is -2.13. The number of benzene rings is 4. The maximum absolute atomic E-state index is 9.38. The average Bonchev–Trinajstić information content (AvgIpc) is 3.35. The maximum Gasteiger partial charge on any atom is 0.303 e. The van der Waals surface area contributed by atoms with Gasteiger partial charge in [0.15, 0.2) is 11.1 Å². The summed E-state index contributed by atoms with van der Waals surface area (Å²) in [5, 5.41) is 34.1. The standard InChI is InChI=1S/C26H12N8/c1-30-20(12-29)26-32-19-9-14-4-6-16-21-13(5-7-17(22(14)21)24(19)34(26)3)8-18-23(16)33(2)25(31-18)15(10-27)11-28/h4-9H,2-3H3/b26-20+. The number of aromatic nitrogens is 4. The summed E-state index contributed by atoms with van der Waals surface area (Å²) in [5.41, 5.74) is 3.73. The van der Waals surface area contributed by atoms with Crippen LogP contribution in [-0.2, 0) is 14.1 Å². The number of hydrogen-bond acceptors (Lipinski definition) is 5. The Morgan fingerprint density at radius 2 is 1.29 bits per heavy atom. The Balaban J connectivity index is 1.89. The molecule has 0 bridgehead atoms. The van der Waals surface area contributed by atoms with E-state index in [0.717, 1.165) is 48.9 Å². The predicted molar refractivity (Wildman–Crippen MR) is 128 cm³/mol. The van der Waals surface area contributed by atoms with Crippen molar-refractivity contribution in [3.8, 4) is 18.2 Å². The molecule has 0 fully saturated rings. The molecule has 0 aliphatic rings. The summed E-state index contributed by atoms with van der Waals surface area (Å²) in [6, 6.07) is 17.9. The van der Waals surface area contributed by atoms with E-state index in [1.165, 1.54) is 0 Å². The van der Waals surface area contributed by atoms with Crippen molar-refractivity contribution in [2.24, 2.45) is 14.1 Å². The molecule has 0 spiro atoms. The number of fused-ring (bicyclic) bond motifs is 4. The summed E-state index contributed by atoms with van der Waals surface area (Å²) in [6.45, 7) is 7.33. The molecule has 0 aliphatic carbocycles. The van der Waals surface area contributed by atoms with Crippen molar-refractivity contribution in [2.75, 3.05) is 0 Å². The minimum absolute atomic E-state index is 0.0335. The van der Waals surface area contributed by atoms with Gasteiger partial charge >= 0.3 is 5.70 Å². The summed E-state index contributed by atoms with van der Waals surface area (Å²) in [7, 11) is 3.63. The van der Waals surface area contributed by atoms with E-state index in [0.29, 0.717) is 16.5 Å². The number of rotatable bonds is 0. The first-order chi connectivity index (χ1) is 16.5. The van der Waals surface area contributed by atoms with Crippen LogP contribution in [0.3, 0.4) is 0 Å². The van der Waals surface area contributed by atoms with Gasteiger partial charge in [-0.15, -0.1) is 0 Å². The van der Waals surface area contributed by atoms with Crippen LogP contribution in [0.1, 0.15) is 0 Å². The fourth-order valence-corrected chi connectivity index (χ4v) is 5.04. The third kappa shape index (κ3) is 2.21. The summed E-state index contributed by atoms with van der Waals surface area (Å²) in [4.78, 5) is 12.5. The van der Waals surface area contributed by atoms with Crippen molar-refractivity contribution >= 4 is 65.7 Å². The van der Waals surface area contributed by atoms with Gasteiger partial charge in [0, 0.05) is 24.9 Å². The van der Waals surface area contributed by atoms with Crippen molar-refractivity contribution in [3.05, 3.63) is 58.8 Å². The van der Waals surface area contributed by atoms with E-state index in [1.54, 1.807) is 9.13 Å². The van der Waals surface area contributed by atoms with E-state index < -0.39 is 0 Å². The van der Waals surface area contributed by atoms with Gasteiger partial charge in [-0.1, -0.05) is 24.3 Å². The first kappa shape index (κ1) is 19.3. The minimum atomic E-state index is -0.0496. The number of nitrogens with zero attached hydrogens (tertiary/aromatic N) is 8. The Morgan fingerprint density at radius 3 is 1.76 bits per heavy atom. The molecule has 34 heavy (non-hydrogen) atoms. The molecule has 2 aromatic heterocycles. The summed E-state index contributed by atoms with van der Waals surface area (Å²) < 4.78 is 3.60. The third-order valence-electron chi connectivity index (χ3n) is 6.44. The molecule has 0 radical (unpaired) electrons. The van der Waals surface area contributed by atoms with Crippen LogP contribution in [-0.4, -0.2) is 19.1 Å². The Bertz CT molecular complexity index is 1990. The molecule has 0 amide bonds. The normalized spacial score (nSPS) is 12.2. The van der Waals surface area contributed by atoms with Gasteiger partial charge in [-0.3, -0.25) is 0 Å². The maximum atomic E-state index is 9.38. The second-order valence-corrected chi connectivity index (χ2v) is 8.07. The highest BCUT2D eigenvalue weighted by Gasteiger charge is 2.19. The molecule has 156 valence electrons. The first-order valence-electron chi connectivity index (χ1n) is 10.3. The van der Waals surface area contributed by atoms with Crippen molar-refractivity contribution in [1.82, 2.24) is 19.1 Å². The van der Waals surface area contributed by atoms with Gasteiger partial charge in [0.2, 0.25) is 0 Å². The molecule has 0 unspecified atom stereocenters. The highest BCUT2D eigenvalue weighted by molar-refractivity contribution is 6.31. The molecular weight excluding hydrogens is 424 g/mol. The molecule has 0 aliphatic heterocycles. The zero-order valence-electron chi connectivity index (χ0n) is 18.0. The van der Waals surface area contributed by atoms with E-state index in [1.807, 2.05) is 68.7 Å². The third-order valence-corrected chi connectivity index (χ3v) is 6.44. The summed E-state index contributed by atoms with van der Waals surface area (Å²) in [6.07, 6.45) is 0. The molecule has 8 nitrogen and oxygen atoms in total. The molecule has 0 saturated heterocycles. The molecule has 0 atom stereocenters. The van der Waals surface area contributed by atoms with Crippen LogP contribution >= 0.6 is 0 Å². The molecule has 8 heteroatoms. The fraction of sp³-hybridized carbons (Fsp3) is 0.0769. The number of nitriles is 3. The molecule has 0 saturated carbocycles. The molecular formula is C26H12N8. The van der Waals surface area contributed by atoms with Crippen molar-refractivity contribution < 1.29 is 0 Å². The number of imidazole rings is 2. The molecule has 4 aromatic carbocycles. The quantitative estimate of drug-likeness (QED) is 0.268. The topological polar surface area (TPSA) is 111 Å². The molecule has 2 heterocycles. The summed E-state index contributed by atoms with van der Waals surface area (Å²) in [5.74, 6) is 0. The van der Waals surface area contributed by atoms with Gasteiger partial charge in [-0.2, -0.15) is 10.5 Å². The average molecular weight is 436 g/mol. The van der Waals surface area contributed by atoms with E-state index in [4.69, 9.17) is 6.57 Å². The van der Waals surface area contributed by atoms with Crippen molar-refractivity contribution in [1.29, 1.82) is 15.8 Å². The molecule has 6 aromatic rings. The van der Waals surface area contributed by atoms with Crippen LogP contribution in [0.25, 0.3) is 70.5 Å². The smallest absolute Gasteiger partial charge is 0.303 e. The Hall–Kier alpha value is -5.44. The van der Waals surface area contributed by atoms with Crippen LogP contribution in [0.5, 0.6) is 0 Å². The fourth-order valence-electron chi connectivity index (χ4n) is 5.04. The lowest BCUT2D eigenvalue weighted by atomic mass is 9.92. The monoisotopic (exact) mass is 436 g/mol. The highest BCUT2D eigenvalue weighted by Crippen LogP contribution is 2.40. The zero-order chi connectivity index (χ0) is 23.7. The minimum Gasteiger partial charge on any atom is -0.335 e. The lowest BCUT2D eigenvalue weighted by molar-refractivity contribution is 0.899. The van der Waals surface area contributed by atoms with Crippen molar-refractivity contribution in [2.45, 2.75) is 0 Å². The van der Waals surface area contributed by atoms with Crippen molar-refractivity contribution in [3.63, 3.8) is 0 Å². The highest BCUT2D eigenvalue weighted by atomic mass is 15.1. The van der Waals surface area contributed by atoms with Gasteiger partial charge in [0.05, 0.1) is 34.7 Å². The SMILES string of the molecule is [C-]#[N+]/C(C#N)=c1\nc2cc3ccc4c5c(ccc(c35)c2n1C)cc1nc(=C(C#N)C#N)n(C)c14. The number of hydrogen-bond donors (Lipinski definition) is 0. The second-order valence-electron chi connectivity index (χ2n) is 8.07. The second kappa shape index (κ2) is 6.53. The first-order valence-corrected chi connectivity index (χ1v) is 10.3. The Labute approximate surface area is 191 Å². The molecule has 0 N–H and O–H groups in total. The van der Waals surface area contributed by atoms with E-state index in [9.17, 15) is 15.8 Å². The van der Waals surface area contributed by atoms with Gasteiger partial charge in [0.1, 0.15) is 17.6 Å². The molecule has 6 rings (SSSR count). The van der Waals surface area contributed by atoms with Crippen LogP contribution in [0.15, 0.2) is 36.4 Å². The number of aryl methyl sites for hydroxylation is 2. The van der Waals surface area contributed by atoms with Crippen LogP contribution in [0.4, 0.5) is 0 Å². The van der Waals surface area contributed by atoms with E-state index in [-0.39, 0.29) is 11.3 Å². The van der Waals surface area contributed by atoms with Gasteiger partial charge < -0.3 is 9.13 Å². The Morgan fingerprint density at radius 1 is 0.794 bits per heavy atom. The van der Waals surface area contributed by atoms with Crippen LogP contribution in [0, 0.1) is 40.6 Å². The predicted octanol–water partition coefficient (Wildman–Crippen LogP) is 3.11. The lowest BCUT2D eigenvalue weighted by Crippen LogP contribution is -2.17. The van der Waals surface area contributed by atoms with Gasteiger partial charge in [-0.05, 0) is 33.7 Å². The zero-order valence-corrected chi connectivity index (χ0v) is 18.0. The van der Waals surface area contributed by atoms with Crippen LogP contribution in [0.2, 0.25) is 0 Å². The van der Waals surface area contributed by atoms with E-state index >= 15 is 0 Å². The van der Waals surface area contributed by atoms with Gasteiger partial charge in [0.25, 0.3) is 0 Å². The largest absolute Gasteiger partial charge is 0.335 e. The summed E-state index contributed by atoms with van der Waals surface area (Å²) >= 11 is 0.